The first-order valence-electron chi connectivity index (χ1n) is 11.6. The normalized spacial score (nSPS) is 14.5. The Morgan fingerprint density at radius 1 is 0.971 bits per heavy atom. The molecule has 1 fully saturated rings. The summed E-state index contributed by atoms with van der Waals surface area (Å²) in [6, 6.07) is 17.9. The number of rotatable bonds is 4. The Bertz CT molecular complexity index is 1350. The third-order valence-electron chi connectivity index (χ3n) is 6.47. The van der Waals surface area contributed by atoms with Gasteiger partial charge in [-0.05, 0) is 55.3 Å². The molecule has 1 amide bonds. The molecule has 0 atom stereocenters. The average molecular weight is 471 g/mol. The van der Waals surface area contributed by atoms with E-state index in [-0.39, 0.29) is 5.91 Å². The van der Waals surface area contributed by atoms with E-state index in [0.717, 1.165) is 63.5 Å². The van der Waals surface area contributed by atoms with Crippen LogP contribution in [-0.4, -0.2) is 51.9 Å². The predicted octanol–water partition coefficient (Wildman–Crippen LogP) is 5.53. The fourth-order valence-electron chi connectivity index (χ4n) is 4.68. The molecule has 2 aromatic carbocycles. The standard InChI is InChI=1S/C28H27ClN4O/c1-19-15-20(2)27-23(16-19)24(17-26(31-27)21-7-9-30-10-8-21)28(34)33-13-11-32(12-14-33)18-22-5-3-4-6-25(22)29/h3-10,15-17H,11-14,18H2,1-2H3. The van der Waals surface area contributed by atoms with Gasteiger partial charge in [0.15, 0.2) is 0 Å². The average Bonchev–Trinajstić information content (AvgIpc) is 2.85. The number of hydrogen-bond donors (Lipinski definition) is 0. The van der Waals surface area contributed by atoms with Gasteiger partial charge in [0.1, 0.15) is 0 Å². The number of benzene rings is 2. The van der Waals surface area contributed by atoms with Crippen LogP contribution in [0.25, 0.3) is 22.2 Å². The Morgan fingerprint density at radius 2 is 1.71 bits per heavy atom. The Morgan fingerprint density at radius 3 is 2.44 bits per heavy atom. The Hall–Kier alpha value is -3.28. The van der Waals surface area contributed by atoms with Crippen molar-refractivity contribution in [1.29, 1.82) is 0 Å². The lowest BCUT2D eigenvalue weighted by molar-refractivity contribution is 0.0630. The summed E-state index contributed by atoms with van der Waals surface area (Å²) in [5, 5.41) is 1.71. The maximum Gasteiger partial charge on any atom is 0.254 e. The van der Waals surface area contributed by atoms with Crippen molar-refractivity contribution in [2.45, 2.75) is 20.4 Å². The van der Waals surface area contributed by atoms with Gasteiger partial charge in [-0.2, -0.15) is 0 Å². The van der Waals surface area contributed by atoms with E-state index in [9.17, 15) is 4.79 Å². The first kappa shape index (κ1) is 22.5. The molecule has 2 aromatic heterocycles. The van der Waals surface area contributed by atoms with Crippen LogP contribution in [0.3, 0.4) is 0 Å². The quantitative estimate of drug-likeness (QED) is 0.393. The number of halogens is 1. The minimum absolute atomic E-state index is 0.0603. The van der Waals surface area contributed by atoms with Crippen LogP contribution in [-0.2, 0) is 6.54 Å². The van der Waals surface area contributed by atoms with Gasteiger partial charge in [-0.25, -0.2) is 4.98 Å². The number of piperazine rings is 1. The molecule has 0 saturated carbocycles. The van der Waals surface area contributed by atoms with Crippen LogP contribution in [0.1, 0.15) is 27.0 Å². The van der Waals surface area contributed by atoms with E-state index in [1.54, 1.807) is 12.4 Å². The highest BCUT2D eigenvalue weighted by Gasteiger charge is 2.25. The number of carbonyl (C=O) groups excluding carboxylic acids is 1. The minimum atomic E-state index is 0.0603. The molecule has 0 unspecified atom stereocenters. The molecular weight excluding hydrogens is 444 g/mol. The van der Waals surface area contributed by atoms with Gasteiger partial charge in [0, 0.05) is 61.1 Å². The van der Waals surface area contributed by atoms with Gasteiger partial charge in [0.05, 0.1) is 16.8 Å². The highest BCUT2D eigenvalue weighted by atomic mass is 35.5. The molecule has 0 bridgehead atoms. The number of amides is 1. The molecule has 6 heteroatoms. The lowest BCUT2D eigenvalue weighted by Gasteiger charge is -2.35. The van der Waals surface area contributed by atoms with Crippen molar-refractivity contribution in [3.63, 3.8) is 0 Å². The molecule has 1 aliphatic heterocycles. The van der Waals surface area contributed by atoms with Crippen molar-refractivity contribution in [2.24, 2.45) is 0 Å². The number of fused-ring (bicyclic) bond motifs is 1. The van der Waals surface area contributed by atoms with Crippen molar-refractivity contribution < 1.29 is 4.79 Å². The fourth-order valence-corrected chi connectivity index (χ4v) is 4.87. The summed E-state index contributed by atoms with van der Waals surface area (Å²) in [4.78, 5) is 27.1. The zero-order valence-corrected chi connectivity index (χ0v) is 20.2. The predicted molar refractivity (Wildman–Crippen MR) is 137 cm³/mol. The van der Waals surface area contributed by atoms with Gasteiger partial charge in [-0.3, -0.25) is 14.7 Å². The molecule has 4 aromatic rings. The molecule has 3 heterocycles. The summed E-state index contributed by atoms with van der Waals surface area (Å²) >= 11 is 6.35. The van der Waals surface area contributed by atoms with E-state index in [0.29, 0.717) is 18.7 Å². The van der Waals surface area contributed by atoms with Gasteiger partial charge in [0.2, 0.25) is 0 Å². The van der Waals surface area contributed by atoms with Crippen molar-refractivity contribution >= 4 is 28.4 Å². The van der Waals surface area contributed by atoms with Crippen LogP contribution in [0.15, 0.2) is 67.0 Å². The van der Waals surface area contributed by atoms with Gasteiger partial charge in [0.25, 0.3) is 5.91 Å². The van der Waals surface area contributed by atoms with Crippen LogP contribution in [0, 0.1) is 13.8 Å². The van der Waals surface area contributed by atoms with E-state index in [2.05, 4.69) is 41.9 Å². The van der Waals surface area contributed by atoms with E-state index in [4.69, 9.17) is 16.6 Å². The van der Waals surface area contributed by atoms with Gasteiger partial charge >= 0.3 is 0 Å². The molecule has 1 saturated heterocycles. The summed E-state index contributed by atoms with van der Waals surface area (Å²) in [5.41, 5.74) is 6.66. The maximum absolute atomic E-state index is 13.8. The highest BCUT2D eigenvalue weighted by Crippen LogP contribution is 2.29. The third-order valence-corrected chi connectivity index (χ3v) is 6.83. The van der Waals surface area contributed by atoms with E-state index in [1.807, 2.05) is 41.3 Å². The monoisotopic (exact) mass is 470 g/mol. The first-order valence-corrected chi connectivity index (χ1v) is 11.9. The molecule has 34 heavy (non-hydrogen) atoms. The van der Waals surface area contributed by atoms with Gasteiger partial charge in [-0.1, -0.05) is 41.4 Å². The van der Waals surface area contributed by atoms with Crippen LogP contribution in [0.4, 0.5) is 0 Å². The number of hydrogen-bond acceptors (Lipinski definition) is 4. The van der Waals surface area contributed by atoms with Crippen LogP contribution in [0.2, 0.25) is 5.02 Å². The highest BCUT2D eigenvalue weighted by molar-refractivity contribution is 6.31. The Kier molecular flexibility index (Phi) is 6.31. The number of pyridine rings is 2. The van der Waals surface area contributed by atoms with Gasteiger partial charge in [-0.15, -0.1) is 0 Å². The Labute approximate surface area is 205 Å². The van der Waals surface area contributed by atoms with E-state index in [1.165, 1.54) is 0 Å². The summed E-state index contributed by atoms with van der Waals surface area (Å²) in [6.45, 7) is 7.91. The number of carbonyl (C=O) groups is 1. The van der Waals surface area contributed by atoms with Gasteiger partial charge < -0.3 is 4.90 Å². The van der Waals surface area contributed by atoms with Crippen molar-refractivity contribution in [3.8, 4) is 11.3 Å². The second kappa shape index (κ2) is 9.53. The summed E-state index contributed by atoms with van der Waals surface area (Å²) in [6.07, 6.45) is 3.51. The largest absolute Gasteiger partial charge is 0.336 e. The molecule has 0 aliphatic carbocycles. The number of aromatic nitrogens is 2. The lowest BCUT2D eigenvalue weighted by atomic mass is 9.99. The van der Waals surface area contributed by atoms with Crippen molar-refractivity contribution in [3.05, 3.63) is 94.3 Å². The third kappa shape index (κ3) is 4.54. The Balaban J connectivity index is 1.43. The molecule has 172 valence electrons. The van der Waals surface area contributed by atoms with Crippen LogP contribution < -0.4 is 0 Å². The zero-order chi connectivity index (χ0) is 23.7. The molecule has 0 spiro atoms. The van der Waals surface area contributed by atoms with Crippen molar-refractivity contribution in [1.82, 2.24) is 19.8 Å². The molecule has 0 radical (unpaired) electrons. The zero-order valence-electron chi connectivity index (χ0n) is 19.5. The fraction of sp³-hybridized carbons (Fsp3) is 0.250. The van der Waals surface area contributed by atoms with Crippen LogP contribution in [0.5, 0.6) is 0 Å². The second-order valence-corrected chi connectivity index (χ2v) is 9.34. The molecule has 0 N–H and O–H groups in total. The van der Waals surface area contributed by atoms with Crippen LogP contribution >= 0.6 is 11.6 Å². The maximum atomic E-state index is 13.8. The second-order valence-electron chi connectivity index (χ2n) is 8.93. The first-order chi connectivity index (χ1) is 16.5. The van der Waals surface area contributed by atoms with E-state index < -0.39 is 0 Å². The SMILES string of the molecule is Cc1cc(C)c2nc(-c3ccncc3)cc(C(=O)N3CCN(Cc4ccccc4Cl)CC3)c2c1. The molecular formula is C28H27ClN4O. The minimum Gasteiger partial charge on any atom is -0.336 e. The lowest BCUT2D eigenvalue weighted by Crippen LogP contribution is -2.48. The molecule has 1 aliphatic rings. The smallest absolute Gasteiger partial charge is 0.254 e. The van der Waals surface area contributed by atoms with E-state index >= 15 is 0 Å². The molecule has 5 nitrogen and oxygen atoms in total. The topological polar surface area (TPSA) is 49.3 Å². The summed E-state index contributed by atoms with van der Waals surface area (Å²) in [7, 11) is 0. The number of aryl methyl sites for hydroxylation is 2. The molecule has 5 rings (SSSR count). The van der Waals surface area contributed by atoms with Crippen molar-refractivity contribution in [2.75, 3.05) is 26.2 Å². The number of nitrogens with zero attached hydrogens (tertiary/aromatic N) is 4. The summed E-state index contributed by atoms with van der Waals surface area (Å²) < 4.78 is 0. The summed E-state index contributed by atoms with van der Waals surface area (Å²) in [5.74, 6) is 0.0603.